The van der Waals surface area contributed by atoms with Gasteiger partial charge in [-0.2, -0.15) is 0 Å². The molecule has 1 saturated carbocycles. The largest absolute Gasteiger partial charge is 0.393 e. The Bertz CT molecular complexity index is 709. The molecule has 0 saturated heterocycles. The fourth-order valence-corrected chi connectivity index (χ4v) is 3.87. The summed E-state index contributed by atoms with van der Waals surface area (Å²) in [5, 5.41) is 3.54. The third kappa shape index (κ3) is 3.03. The second kappa shape index (κ2) is 6.67. The normalized spacial score (nSPS) is 18.2. The molecule has 1 aliphatic carbocycles. The predicted molar refractivity (Wildman–Crippen MR) is 98.1 cm³/mol. The Morgan fingerprint density at radius 2 is 1.83 bits per heavy atom. The zero-order chi connectivity index (χ0) is 16.4. The van der Waals surface area contributed by atoms with Crippen molar-refractivity contribution in [1.82, 2.24) is 9.97 Å². The van der Waals surface area contributed by atoms with Crippen LogP contribution in [-0.2, 0) is 13.0 Å². The Morgan fingerprint density at radius 3 is 2.67 bits per heavy atom. The van der Waals surface area contributed by atoms with E-state index in [2.05, 4.69) is 44.5 Å². The number of benzene rings is 1. The molecule has 0 unspecified atom stereocenters. The van der Waals surface area contributed by atoms with Crippen molar-refractivity contribution in [2.24, 2.45) is 0 Å². The molecule has 0 amide bonds. The van der Waals surface area contributed by atoms with Crippen molar-refractivity contribution in [2.45, 2.75) is 51.1 Å². The van der Waals surface area contributed by atoms with Crippen molar-refractivity contribution in [3.8, 4) is 0 Å². The molecular weight excluding hydrogens is 298 g/mol. The summed E-state index contributed by atoms with van der Waals surface area (Å²) < 4.78 is 0. The van der Waals surface area contributed by atoms with E-state index in [1.54, 1.807) is 6.33 Å². The third-order valence-electron chi connectivity index (χ3n) is 5.24. The number of anilines is 3. The van der Waals surface area contributed by atoms with Gasteiger partial charge in [0, 0.05) is 19.1 Å². The van der Waals surface area contributed by atoms with Gasteiger partial charge in [-0.05, 0) is 30.4 Å². The highest BCUT2D eigenvalue weighted by Gasteiger charge is 2.22. The quantitative estimate of drug-likeness (QED) is 0.906. The smallest absolute Gasteiger partial charge is 0.157 e. The van der Waals surface area contributed by atoms with Gasteiger partial charge in [-0.25, -0.2) is 9.97 Å². The van der Waals surface area contributed by atoms with E-state index in [-0.39, 0.29) is 0 Å². The van der Waals surface area contributed by atoms with Gasteiger partial charge >= 0.3 is 0 Å². The molecule has 1 fully saturated rings. The first-order valence-corrected chi connectivity index (χ1v) is 9.00. The van der Waals surface area contributed by atoms with Gasteiger partial charge in [0.25, 0.3) is 0 Å². The number of nitrogens with two attached hydrogens (primary N) is 1. The first-order valence-electron chi connectivity index (χ1n) is 9.00. The van der Waals surface area contributed by atoms with E-state index in [1.807, 2.05) is 0 Å². The Balaban J connectivity index is 1.54. The summed E-state index contributed by atoms with van der Waals surface area (Å²) in [4.78, 5) is 11.1. The highest BCUT2D eigenvalue weighted by molar-refractivity contribution is 5.75. The number of hydrogen-bond donors (Lipinski definition) is 2. The van der Waals surface area contributed by atoms with Gasteiger partial charge in [0.2, 0.25) is 0 Å². The topological polar surface area (TPSA) is 67.1 Å². The van der Waals surface area contributed by atoms with Gasteiger partial charge in [0.05, 0.1) is 0 Å². The van der Waals surface area contributed by atoms with Crippen LogP contribution in [0.2, 0.25) is 0 Å². The molecule has 5 nitrogen and oxygen atoms in total. The first kappa shape index (κ1) is 15.2. The fourth-order valence-electron chi connectivity index (χ4n) is 3.87. The first-order chi connectivity index (χ1) is 11.8. The minimum Gasteiger partial charge on any atom is -0.393 e. The van der Waals surface area contributed by atoms with Gasteiger partial charge in [0.15, 0.2) is 11.6 Å². The van der Waals surface area contributed by atoms with Crippen molar-refractivity contribution < 1.29 is 0 Å². The summed E-state index contributed by atoms with van der Waals surface area (Å²) in [5.74, 6) is 1.66. The van der Waals surface area contributed by atoms with E-state index in [0.29, 0.717) is 11.7 Å². The molecule has 1 aromatic carbocycles. The van der Waals surface area contributed by atoms with Crippen molar-refractivity contribution in [2.75, 3.05) is 22.5 Å². The molecule has 2 aliphatic rings. The van der Waals surface area contributed by atoms with E-state index in [0.717, 1.165) is 31.1 Å². The van der Waals surface area contributed by atoms with Crippen molar-refractivity contribution in [3.63, 3.8) is 0 Å². The van der Waals surface area contributed by atoms with Crippen LogP contribution in [0, 0.1) is 0 Å². The molecule has 0 bridgehead atoms. The zero-order valence-corrected chi connectivity index (χ0v) is 14.0. The number of hydrogen-bond acceptors (Lipinski definition) is 5. The van der Waals surface area contributed by atoms with Gasteiger partial charge in [-0.3, -0.25) is 0 Å². The van der Waals surface area contributed by atoms with Crippen LogP contribution in [0.4, 0.5) is 17.3 Å². The van der Waals surface area contributed by atoms with Crippen molar-refractivity contribution in [3.05, 3.63) is 41.7 Å². The van der Waals surface area contributed by atoms with Gasteiger partial charge in [-0.15, -0.1) is 0 Å². The van der Waals surface area contributed by atoms with Crippen LogP contribution in [0.15, 0.2) is 30.6 Å². The Hall–Kier alpha value is -2.30. The van der Waals surface area contributed by atoms with Crippen molar-refractivity contribution >= 4 is 17.3 Å². The molecule has 24 heavy (non-hydrogen) atoms. The second-order valence-corrected chi connectivity index (χ2v) is 6.88. The van der Waals surface area contributed by atoms with E-state index in [4.69, 9.17) is 5.73 Å². The number of nitrogens with one attached hydrogen (secondary N) is 1. The van der Waals surface area contributed by atoms with Crippen molar-refractivity contribution in [1.29, 1.82) is 0 Å². The van der Waals surface area contributed by atoms with Crippen LogP contribution >= 0.6 is 0 Å². The maximum atomic E-state index is 6.42. The standard InChI is InChI=1S/C19H25N5/c20-17-18(23-16-8-2-1-3-9-16)21-13-22-19(17)24-11-10-14-6-4-5-7-15(14)12-24/h4-7,13,16H,1-3,8-12,20H2,(H,21,22,23). The third-order valence-corrected chi connectivity index (χ3v) is 5.24. The van der Waals surface area contributed by atoms with E-state index in [9.17, 15) is 0 Å². The molecule has 3 N–H and O–H groups in total. The van der Waals surface area contributed by atoms with Crippen LogP contribution in [0.5, 0.6) is 0 Å². The summed E-state index contributed by atoms with van der Waals surface area (Å²) in [6, 6.07) is 9.11. The van der Waals surface area contributed by atoms with E-state index in [1.165, 1.54) is 43.2 Å². The minimum atomic E-state index is 0.492. The lowest BCUT2D eigenvalue weighted by Gasteiger charge is -2.31. The lowest BCUT2D eigenvalue weighted by atomic mass is 9.95. The maximum Gasteiger partial charge on any atom is 0.157 e. The minimum absolute atomic E-state index is 0.492. The zero-order valence-electron chi connectivity index (χ0n) is 14.0. The Morgan fingerprint density at radius 1 is 1.04 bits per heavy atom. The molecule has 1 aliphatic heterocycles. The lowest BCUT2D eigenvalue weighted by Crippen LogP contribution is -2.32. The Kier molecular flexibility index (Phi) is 4.24. The summed E-state index contributed by atoms with van der Waals surface area (Å²) in [7, 11) is 0. The lowest BCUT2D eigenvalue weighted by molar-refractivity contribution is 0.462. The van der Waals surface area contributed by atoms with Gasteiger partial charge in [0.1, 0.15) is 12.0 Å². The molecule has 4 rings (SSSR count). The molecule has 0 radical (unpaired) electrons. The molecule has 126 valence electrons. The van der Waals surface area contributed by atoms with Gasteiger partial charge < -0.3 is 16.0 Å². The molecule has 0 spiro atoms. The van der Waals surface area contributed by atoms with Gasteiger partial charge in [-0.1, -0.05) is 43.5 Å². The fraction of sp³-hybridized carbons (Fsp3) is 0.474. The average Bonchev–Trinajstić information content (AvgIpc) is 2.64. The summed E-state index contributed by atoms with van der Waals surface area (Å²) in [5.41, 5.74) is 9.90. The molecule has 2 aromatic rings. The SMILES string of the molecule is Nc1c(NC2CCCCC2)ncnc1N1CCc2ccccc2C1. The monoisotopic (exact) mass is 323 g/mol. The van der Waals surface area contributed by atoms with Crippen LogP contribution in [0.25, 0.3) is 0 Å². The summed E-state index contributed by atoms with van der Waals surface area (Å²) >= 11 is 0. The number of rotatable bonds is 3. The number of fused-ring (bicyclic) bond motifs is 1. The van der Waals surface area contributed by atoms with E-state index >= 15 is 0 Å². The molecule has 5 heteroatoms. The summed E-state index contributed by atoms with van der Waals surface area (Å²) in [6.07, 6.45) is 9.00. The molecule has 0 atom stereocenters. The van der Waals surface area contributed by atoms with E-state index < -0.39 is 0 Å². The number of aromatic nitrogens is 2. The maximum absolute atomic E-state index is 6.42. The number of nitrogens with zero attached hydrogens (tertiary/aromatic N) is 3. The molecule has 1 aromatic heterocycles. The van der Waals surface area contributed by atoms with Crippen LogP contribution in [-0.4, -0.2) is 22.6 Å². The Labute approximate surface area is 143 Å². The molecule has 2 heterocycles. The second-order valence-electron chi connectivity index (χ2n) is 6.88. The van der Waals surface area contributed by atoms with Crippen LogP contribution < -0.4 is 16.0 Å². The molecular formula is C19H25N5. The highest BCUT2D eigenvalue weighted by atomic mass is 15.2. The number of nitrogen functional groups attached to an aromatic ring is 1. The average molecular weight is 323 g/mol. The summed E-state index contributed by atoms with van der Waals surface area (Å²) in [6.45, 7) is 1.81. The van der Waals surface area contributed by atoms with Crippen LogP contribution in [0.3, 0.4) is 0 Å². The predicted octanol–water partition coefficient (Wildman–Crippen LogP) is 3.37. The highest BCUT2D eigenvalue weighted by Crippen LogP contribution is 2.31. The van der Waals surface area contributed by atoms with Crippen LogP contribution in [0.1, 0.15) is 43.2 Å².